The van der Waals surface area contributed by atoms with Crippen LogP contribution >= 0.6 is 0 Å². The predicted molar refractivity (Wildman–Crippen MR) is 112 cm³/mol. The van der Waals surface area contributed by atoms with Gasteiger partial charge in [0.15, 0.2) is 0 Å². The van der Waals surface area contributed by atoms with Crippen molar-refractivity contribution in [1.29, 1.82) is 0 Å². The molecule has 4 nitrogen and oxygen atoms in total. The molecule has 0 bridgehead atoms. The molecule has 1 heterocycles. The molecule has 4 aromatic rings. The van der Waals surface area contributed by atoms with E-state index in [0.29, 0.717) is 18.7 Å². The summed E-state index contributed by atoms with van der Waals surface area (Å²) < 4.78 is 15.0. The van der Waals surface area contributed by atoms with Crippen LogP contribution in [0, 0.1) is 5.82 Å². The first-order valence-electron chi connectivity index (χ1n) is 9.63. The van der Waals surface area contributed by atoms with Crippen LogP contribution in [0.25, 0.3) is 10.9 Å². The van der Waals surface area contributed by atoms with Gasteiger partial charge < -0.3 is 5.32 Å². The Hall–Kier alpha value is -3.47. The molecule has 29 heavy (non-hydrogen) atoms. The van der Waals surface area contributed by atoms with Crippen LogP contribution in [0.3, 0.4) is 0 Å². The van der Waals surface area contributed by atoms with Crippen molar-refractivity contribution < 1.29 is 9.18 Å². The van der Waals surface area contributed by atoms with Crippen molar-refractivity contribution in [2.24, 2.45) is 0 Å². The van der Waals surface area contributed by atoms with E-state index >= 15 is 0 Å². The van der Waals surface area contributed by atoms with Gasteiger partial charge in [-0.1, -0.05) is 55.5 Å². The van der Waals surface area contributed by atoms with E-state index in [2.05, 4.69) is 29.5 Å². The Labute approximate surface area is 169 Å². The molecule has 0 radical (unpaired) electrons. The second-order valence-corrected chi connectivity index (χ2v) is 7.22. The molecule has 146 valence electrons. The molecule has 0 spiro atoms. The maximum Gasteiger partial charge on any atom is 0.251 e. The molecule has 1 unspecified atom stereocenters. The van der Waals surface area contributed by atoms with Crippen molar-refractivity contribution >= 4 is 16.8 Å². The zero-order chi connectivity index (χ0) is 20.2. The summed E-state index contributed by atoms with van der Waals surface area (Å²) in [5.74, 6) is -0.139. The van der Waals surface area contributed by atoms with Gasteiger partial charge in [-0.15, -0.1) is 0 Å². The van der Waals surface area contributed by atoms with Crippen LogP contribution in [0.5, 0.6) is 0 Å². The monoisotopic (exact) mass is 387 g/mol. The summed E-state index contributed by atoms with van der Waals surface area (Å²) in [6, 6.07) is 22.1. The summed E-state index contributed by atoms with van der Waals surface area (Å²) in [6.45, 7) is 3.17. The van der Waals surface area contributed by atoms with E-state index in [1.165, 1.54) is 17.7 Å². The Morgan fingerprint density at radius 2 is 1.83 bits per heavy atom. The molecule has 0 aliphatic rings. The van der Waals surface area contributed by atoms with Gasteiger partial charge in [0, 0.05) is 17.5 Å². The number of benzene rings is 3. The number of rotatable bonds is 6. The molecule has 1 aromatic heterocycles. The molecule has 0 saturated carbocycles. The van der Waals surface area contributed by atoms with E-state index in [1.54, 1.807) is 18.3 Å². The number of aromatic nitrogens is 2. The smallest absolute Gasteiger partial charge is 0.251 e. The number of nitrogens with one attached hydrogen (secondary N) is 1. The SMILES string of the molecule is CC(CNC(=O)c1ccc2cnn(Cc3ccc(F)cc3)c2c1)c1ccccc1. The van der Waals surface area contributed by atoms with Crippen molar-refractivity contribution in [2.45, 2.75) is 19.4 Å². The Morgan fingerprint density at radius 3 is 2.59 bits per heavy atom. The number of carbonyl (C=O) groups is 1. The average molecular weight is 387 g/mol. The molecule has 1 atom stereocenters. The van der Waals surface area contributed by atoms with Gasteiger partial charge >= 0.3 is 0 Å². The Balaban J connectivity index is 1.49. The summed E-state index contributed by atoms with van der Waals surface area (Å²) in [4.78, 5) is 12.7. The van der Waals surface area contributed by atoms with Gasteiger partial charge in [0.1, 0.15) is 5.82 Å². The molecule has 0 fully saturated rings. The molecular formula is C24H22FN3O. The van der Waals surface area contributed by atoms with Gasteiger partial charge in [0.05, 0.1) is 18.3 Å². The minimum Gasteiger partial charge on any atom is -0.351 e. The lowest BCUT2D eigenvalue weighted by Gasteiger charge is -2.13. The topological polar surface area (TPSA) is 46.9 Å². The number of nitrogens with zero attached hydrogens (tertiary/aromatic N) is 2. The minimum atomic E-state index is -0.261. The minimum absolute atomic E-state index is 0.107. The van der Waals surface area contributed by atoms with E-state index in [9.17, 15) is 9.18 Å². The highest BCUT2D eigenvalue weighted by Crippen LogP contribution is 2.18. The summed E-state index contributed by atoms with van der Waals surface area (Å²) in [6.07, 6.45) is 1.78. The van der Waals surface area contributed by atoms with E-state index < -0.39 is 0 Å². The van der Waals surface area contributed by atoms with Crippen LogP contribution in [0.15, 0.2) is 79.0 Å². The first-order valence-corrected chi connectivity index (χ1v) is 9.63. The highest BCUT2D eigenvalue weighted by Gasteiger charge is 2.12. The van der Waals surface area contributed by atoms with Crippen LogP contribution in [0.2, 0.25) is 0 Å². The average Bonchev–Trinajstić information content (AvgIpc) is 3.16. The highest BCUT2D eigenvalue weighted by atomic mass is 19.1. The molecule has 0 aliphatic carbocycles. The number of carbonyl (C=O) groups excluding carboxylic acids is 1. The lowest BCUT2D eigenvalue weighted by molar-refractivity contribution is 0.0952. The van der Waals surface area contributed by atoms with Gasteiger partial charge in [-0.25, -0.2) is 4.39 Å². The molecular weight excluding hydrogens is 365 g/mol. The third-order valence-electron chi connectivity index (χ3n) is 5.09. The van der Waals surface area contributed by atoms with Crippen molar-refractivity contribution in [3.63, 3.8) is 0 Å². The van der Waals surface area contributed by atoms with Crippen LogP contribution in [0.1, 0.15) is 34.3 Å². The number of amides is 1. The van der Waals surface area contributed by atoms with Crippen molar-refractivity contribution in [3.8, 4) is 0 Å². The largest absolute Gasteiger partial charge is 0.351 e. The molecule has 3 aromatic carbocycles. The van der Waals surface area contributed by atoms with Gasteiger partial charge in [0.25, 0.3) is 5.91 Å². The second kappa shape index (κ2) is 8.27. The lowest BCUT2D eigenvalue weighted by Crippen LogP contribution is -2.27. The fourth-order valence-corrected chi connectivity index (χ4v) is 3.35. The van der Waals surface area contributed by atoms with Gasteiger partial charge in [-0.3, -0.25) is 9.48 Å². The van der Waals surface area contributed by atoms with Crippen molar-refractivity contribution in [1.82, 2.24) is 15.1 Å². The highest BCUT2D eigenvalue weighted by molar-refractivity contribution is 5.97. The van der Waals surface area contributed by atoms with Crippen LogP contribution in [-0.4, -0.2) is 22.2 Å². The fraction of sp³-hybridized carbons (Fsp3) is 0.167. The van der Waals surface area contributed by atoms with Gasteiger partial charge in [-0.2, -0.15) is 5.10 Å². The zero-order valence-electron chi connectivity index (χ0n) is 16.2. The standard InChI is InChI=1S/C24H22FN3O/c1-17(19-5-3-2-4-6-19)14-26-24(29)20-9-10-21-15-27-28(23(21)13-20)16-18-7-11-22(25)12-8-18/h2-13,15,17H,14,16H2,1H3,(H,26,29). The van der Waals surface area contributed by atoms with E-state index in [-0.39, 0.29) is 17.6 Å². The first kappa shape index (κ1) is 18.9. The van der Waals surface area contributed by atoms with Crippen molar-refractivity contribution in [2.75, 3.05) is 6.54 Å². The third kappa shape index (κ3) is 4.35. The number of halogens is 1. The Morgan fingerprint density at radius 1 is 1.07 bits per heavy atom. The second-order valence-electron chi connectivity index (χ2n) is 7.22. The maximum absolute atomic E-state index is 13.1. The Kier molecular flexibility index (Phi) is 5.38. The summed E-state index contributed by atoms with van der Waals surface area (Å²) in [7, 11) is 0. The van der Waals surface area contributed by atoms with Crippen LogP contribution in [0.4, 0.5) is 4.39 Å². The molecule has 0 saturated heterocycles. The number of hydrogen-bond donors (Lipinski definition) is 1. The Bertz CT molecular complexity index is 1120. The van der Waals surface area contributed by atoms with Crippen molar-refractivity contribution in [3.05, 3.63) is 102 Å². The van der Waals surface area contributed by atoms with Gasteiger partial charge in [0.2, 0.25) is 0 Å². The molecule has 1 amide bonds. The molecule has 5 heteroatoms. The summed E-state index contributed by atoms with van der Waals surface area (Å²) in [5, 5.41) is 8.40. The van der Waals surface area contributed by atoms with E-state index in [0.717, 1.165) is 16.5 Å². The van der Waals surface area contributed by atoms with Gasteiger partial charge in [-0.05, 0) is 41.3 Å². The quantitative estimate of drug-likeness (QED) is 0.519. The first-order chi connectivity index (χ1) is 14.1. The lowest BCUT2D eigenvalue weighted by atomic mass is 10.0. The summed E-state index contributed by atoms with van der Waals surface area (Å²) >= 11 is 0. The number of fused-ring (bicyclic) bond motifs is 1. The van der Waals surface area contributed by atoms with E-state index in [4.69, 9.17) is 0 Å². The normalized spacial score (nSPS) is 12.1. The van der Waals surface area contributed by atoms with Crippen LogP contribution < -0.4 is 5.32 Å². The van der Waals surface area contributed by atoms with E-state index in [1.807, 2.05) is 41.1 Å². The fourth-order valence-electron chi connectivity index (χ4n) is 3.35. The molecule has 4 rings (SSSR count). The number of hydrogen-bond acceptors (Lipinski definition) is 2. The predicted octanol–water partition coefficient (Wildman–Crippen LogP) is 4.76. The molecule has 1 N–H and O–H groups in total. The summed E-state index contributed by atoms with van der Waals surface area (Å²) in [5.41, 5.74) is 3.61. The van der Waals surface area contributed by atoms with Crippen LogP contribution in [-0.2, 0) is 6.54 Å². The molecule has 0 aliphatic heterocycles. The maximum atomic E-state index is 13.1. The zero-order valence-corrected chi connectivity index (χ0v) is 16.2. The third-order valence-corrected chi connectivity index (χ3v) is 5.09.